The number of nitrogens with one attached hydrogen (secondary N) is 1. The molecule has 0 aliphatic carbocycles. The molecular weight excluding hydrogens is 470 g/mol. The lowest BCUT2D eigenvalue weighted by molar-refractivity contribution is 0.141. The minimum absolute atomic E-state index is 0.183. The van der Waals surface area contributed by atoms with Crippen LogP contribution in [0.1, 0.15) is 18.0 Å². The van der Waals surface area contributed by atoms with Crippen LogP contribution in [0.15, 0.2) is 12.1 Å². The number of aliphatic hydroxyl groups excluding tert-OH is 1. The zero-order valence-electron chi connectivity index (χ0n) is 10.6. The van der Waals surface area contributed by atoms with Crippen LogP contribution in [-0.4, -0.2) is 47.9 Å². The Morgan fingerprint density at radius 2 is 1.79 bits per heavy atom. The van der Waals surface area contributed by atoms with Crippen LogP contribution in [0.5, 0.6) is 5.75 Å². The van der Waals surface area contributed by atoms with Crippen molar-refractivity contribution in [1.29, 1.82) is 0 Å². The largest absolute Gasteiger partial charge is 0.506 e. The maximum Gasteiger partial charge on any atom is 0.142 e. The molecule has 2 rings (SSSR count). The van der Waals surface area contributed by atoms with E-state index < -0.39 is 0 Å². The Hall–Kier alpha value is 0.360. The third-order valence-corrected chi connectivity index (χ3v) is 5.06. The second-order valence-corrected chi connectivity index (χ2v) is 6.97. The van der Waals surface area contributed by atoms with E-state index in [2.05, 4.69) is 55.4 Å². The monoisotopic (exact) mass is 488 g/mol. The summed E-state index contributed by atoms with van der Waals surface area (Å²) in [6.07, 6.45) is 0.733. The number of piperazine rings is 1. The summed E-state index contributed by atoms with van der Waals surface area (Å²) in [4.78, 5) is 2.41. The summed E-state index contributed by atoms with van der Waals surface area (Å²) in [6.45, 7) is 4.17. The van der Waals surface area contributed by atoms with Crippen LogP contribution in [0.2, 0.25) is 0 Å². The summed E-state index contributed by atoms with van der Waals surface area (Å²) < 4.78 is 1.75. The van der Waals surface area contributed by atoms with Gasteiger partial charge in [-0.3, -0.25) is 4.90 Å². The topological polar surface area (TPSA) is 55.7 Å². The fourth-order valence-electron chi connectivity index (χ4n) is 2.45. The highest BCUT2D eigenvalue weighted by Gasteiger charge is 2.23. The molecule has 0 bridgehead atoms. The lowest BCUT2D eigenvalue weighted by atomic mass is 10.0. The summed E-state index contributed by atoms with van der Waals surface area (Å²) in [5.41, 5.74) is 1.18. The standard InChI is InChI=1S/C13H18I2N2O2/c14-10-7-9(8-11(15)13(10)19)12(1-6-18)17-4-2-16-3-5-17/h7-8,12,16,18-19H,1-6H2/t12-/m0/s1. The van der Waals surface area contributed by atoms with Gasteiger partial charge in [0, 0.05) is 38.8 Å². The summed E-state index contributed by atoms with van der Waals surface area (Å²) in [5, 5.41) is 22.5. The van der Waals surface area contributed by atoms with Gasteiger partial charge in [-0.2, -0.15) is 0 Å². The molecule has 1 atom stereocenters. The van der Waals surface area contributed by atoms with Gasteiger partial charge >= 0.3 is 0 Å². The van der Waals surface area contributed by atoms with Gasteiger partial charge in [-0.1, -0.05) is 0 Å². The number of aromatic hydroxyl groups is 1. The Bertz CT molecular complexity index is 414. The molecule has 0 saturated carbocycles. The first-order chi connectivity index (χ1) is 9.13. The van der Waals surface area contributed by atoms with Crippen molar-refractivity contribution in [3.8, 4) is 5.75 Å². The first-order valence-electron chi connectivity index (χ1n) is 6.37. The third kappa shape index (κ3) is 3.93. The van der Waals surface area contributed by atoms with E-state index in [-0.39, 0.29) is 12.6 Å². The van der Waals surface area contributed by atoms with Crippen LogP contribution < -0.4 is 5.32 Å². The van der Waals surface area contributed by atoms with Crippen molar-refractivity contribution in [3.63, 3.8) is 0 Å². The van der Waals surface area contributed by atoms with Crippen molar-refractivity contribution in [1.82, 2.24) is 10.2 Å². The van der Waals surface area contributed by atoms with E-state index >= 15 is 0 Å². The highest BCUT2D eigenvalue weighted by Crippen LogP contribution is 2.33. The number of nitrogens with zero attached hydrogens (tertiary/aromatic N) is 1. The average Bonchev–Trinajstić information content (AvgIpc) is 2.42. The number of phenolic OH excluding ortho intramolecular Hbond substituents is 1. The van der Waals surface area contributed by atoms with E-state index in [4.69, 9.17) is 0 Å². The molecule has 1 aliphatic heterocycles. The number of hydrogen-bond donors (Lipinski definition) is 3. The fraction of sp³-hybridized carbons (Fsp3) is 0.538. The Morgan fingerprint density at radius 3 is 2.32 bits per heavy atom. The van der Waals surface area contributed by atoms with E-state index in [0.29, 0.717) is 5.75 Å². The molecule has 1 aromatic carbocycles. The van der Waals surface area contributed by atoms with Crippen molar-refractivity contribution in [3.05, 3.63) is 24.8 Å². The van der Waals surface area contributed by atoms with E-state index in [9.17, 15) is 10.2 Å². The molecule has 1 fully saturated rings. The molecule has 0 amide bonds. The Kier molecular flexibility index (Phi) is 6.12. The lowest BCUT2D eigenvalue weighted by Gasteiger charge is -2.35. The highest BCUT2D eigenvalue weighted by atomic mass is 127. The highest BCUT2D eigenvalue weighted by molar-refractivity contribution is 14.1. The van der Waals surface area contributed by atoms with E-state index in [1.165, 1.54) is 5.56 Å². The van der Waals surface area contributed by atoms with Gasteiger partial charge in [0.1, 0.15) is 5.75 Å². The van der Waals surface area contributed by atoms with Crippen molar-refractivity contribution >= 4 is 45.2 Å². The third-order valence-electron chi connectivity index (χ3n) is 3.42. The Morgan fingerprint density at radius 1 is 1.21 bits per heavy atom. The van der Waals surface area contributed by atoms with Gasteiger partial charge in [-0.05, 0) is 69.3 Å². The molecule has 0 radical (unpaired) electrons. The van der Waals surface area contributed by atoms with Gasteiger partial charge in [0.25, 0.3) is 0 Å². The minimum Gasteiger partial charge on any atom is -0.506 e. The molecular formula is C13H18I2N2O2. The second kappa shape index (κ2) is 7.39. The van der Waals surface area contributed by atoms with Crippen molar-refractivity contribution in [2.75, 3.05) is 32.8 Å². The number of halogens is 2. The number of hydrogen-bond acceptors (Lipinski definition) is 4. The van der Waals surface area contributed by atoms with Gasteiger partial charge < -0.3 is 15.5 Å². The molecule has 1 aliphatic rings. The van der Waals surface area contributed by atoms with Crippen molar-refractivity contribution < 1.29 is 10.2 Å². The fourth-order valence-corrected chi connectivity index (χ4v) is 4.27. The molecule has 3 N–H and O–H groups in total. The summed E-state index contributed by atoms with van der Waals surface area (Å²) in [6, 6.07) is 4.29. The predicted molar refractivity (Wildman–Crippen MR) is 92.4 cm³/mol. The van der Waals surface area contributed by atoms with Gasteiger partial charge in [0.05, 0.1) is 7.14 Å². The minimum atomic E-state index is 0.183. The number of rotatable bonds is 4. The van der Waals surface area contributed by atoms with E-state index in [1.54, 1.807) is 0 Å². The van der Waals surface area contributed by atoms with E-state index in [1.807, 2.05) is 12.1 Å². The van der Waals surface area contributed by atoms with E-state index in [0.717, 1.165) is 39.7 Å². The SMILES string of the molecule is OCC[C@@H](c1cc(I)c(O)c(I)c1)N1CCNCC1. The summed E-state index contributed by atoms with van der Waals surface area (Å²) >= 11 is 4.32. The summed E-state index contributed by atoms with van der Waals surface area (Å²) in [7, 11) is 0. The molecule has 1 heterocycles. The van der Waals surface area contributed by atoms with Gasteiger partial charge in [0.2, 0.25) is 0 Å². The molecule has 106 valence electrons. The maximum atomic E-state index is 9.86. The molecule has 0 aromatic heterocycles. The Labute approximate surface area is 140 Å². The van der Waals surface area contributed by atoms with Crippen LogP contribution in [0.4, 0.5) is 0 Å². The lowest BCUT2D eigenvalue weighted by Crippen LogP contribution is -2.45. The number of benzene rings is 1. The zero-order valence-corrected chi connectivity index (χ0v) is 14.9. The van der Waals surface area contributed by atoms with Crippen molar-refractivity contribution in [2.45, 2.75) is 12.5 Å². The second-order valence-electron chi connectivity index (χ2n) is 4.65. The quantitative estimate of drug-likeness (QED) is 0.568. The molecule has 1 saturated heterocycles. The van der Waals surface area contributed by atoms with Gasteiger partial charge in [-0.25, -0.2) is 0 Å². The Balaban J connectivity index is 2.27. The maximum absolute atomic E-state index is 9.86. The van der Waals surface area contributed by atoms with Crippen LogP contribution in [-0.2, 0) is 0 Å². The molecule has 4 nitrogen and oxygen atoms in total. The van der Waals surface area contributed by atoms with Crippen LogP contribution in [0.3, 0.4) is 0 Å². The molecule has 0 unspecified atom stereocenters. The van der Waals surface area contributed by atoms with Gasteiger partial charge in [-0.15, -0.1) is 0 Å². The molecule has 19 heavy (non-hydrogen) atoms. The smallest absolute Gasteiger partial charge is 0.142 e. The first kappa shape index (κ1) is 15.7. The predicted octanol–water partition coefficient (Wildman–Crippen LogP) is 1.93. The normalized spacial score (nSPS) is 18.5. The average molecular weight is 488 g/mol. The molecule has 6 heteroatoms. The van der Waals surface area contributed by atoms with Crippen molar-refractivity contribution in [2.24, 2.45) is 0 Å². The molecule has 1 aromatic rings. The van der Waals surface area contributed by atoms with Crippen LogP contribution >= 0.6 is 45.2 Å². The first-order valence-corrected chi connectivity index (χ1v) is 8.52. The summed E-state index contributed by atoms with van der Waals surface area (Å²) in [5.74, 6) is 0.355. The number of aliphatic hydroxyl groups is 1. The van der Waals surface area contributed by atoms with Crippen LogP contribution in [0, 0.1) is 7.14 Å². The molecule has 0 spiro atoms. The van der Waals surface area contributed by atoms with Gasteiger partial charge in [0.15, 0.2) is 0 Å². The number of phenols is 1. The zero-order chi connectivity index (χ0) is 13.8. The van der Waals surface area contributed by atoms with Crippen LogP contribution in [0.25, 0.3) is 0 Å².